The van der Waals surface area contributed by atoms with Gasteiger partial charge in [0.25, 0.3) is 5.91 Å². The largest absolute Gasteiger partial charge is 0.440 e. The molecule has 0 aliphatic heterocycles. The molecule has 2 rings (SSSR count). The topological polar surface area (TPSA) is 36.7 Å². The molecule has 1 saturated carbocycles. The van der Waals surface area contributed by atoms with Crippen molar-refractivity contribution in [3.8, 4) is 0 Å². The monoisotopic (exact) mass is 284 g/mol. The number of carbonyl (C=O) groups excluding carboxylic acids is 1. The lowest BCUT2D eigenvalue weighted by molar-refractivity contribution is 0.0635. The Morgan fingerprint density at radius 2 is 2.00 bits per heavy atom. The van der Waals surface area contributed by atoms with E-state index in [1.807, 2.05) is 19.0 Å². The first-order valence-corrected chi connectivity index (χ1v) is 7.17. The third-order valence-corrected chi connectivity index (χ3v) is 3.80. The molecule has 0 spiro atoms. The molecular formula is C14H21ClN2O2. The third-order valence-electron chi connectivity index (χ3n) is 3.60. The van der Waals surface area contributed by atoms with E-state index in [0.29, 0.717) is 11.8 Å². The summed E-state index contributed by atoms with van der Waals surface area (Å²) in [4.78, 5) is 16.5. The number of carbonyl (C=O) groups is 1. The van der Waals surface area contributed by atoms with Gasteiger partial charge in [-0.3, -0.25) is 4.79 Å². The second kappa shape index (κ2) is 6.44. The van der Waals surface area contributed by atoms with Crippen LogP contribution in [0.2, 0.25) is 5.22 Å². The predicted octanol–water partition coefficient (Wildman–Crippen LogP) is 2.88. The summed E-state index contributed by atoms with van der Waals surface area (Å²) in [5.74, 6) is 0.302. The van der Waals surface area contributed by atoms with Crippen molar-refractivity contribution in [3.63, 3.8) is 0 Å². The molecule has 0 aromatic carbocycles. The molecule has 1 heterocycles. The molecule has 0 N–H and O–H groups in total. The molecule has 1 aliphatic carbocycles. The minimum Gasteiger partial charge on any atom is -0.440 e. The van der Waals surface area contributed by atoms with Crippen LogP contribution in [0.25, 0.3) is 0 Å². The van der Waals surface area contributed by atoms with E-state index in [9.17, 15) is 4.79 Å². The van der Waals surface area contributed by atoms with Gasteiger partial charge in [-0.1, -0.05) is 12.8 Å². The number of rotatable bonds is 5. The van der Waals surface area contributed by atoms with Crippen LogP contribution in [0.3, 0.4) is 0 Å². The van der Waals surface area contributed by atoms with Crippen LogP contribution in [0, 0.1) is 0 Å². The van der Waals surface area contributed by atoms with Crippen LogP contribution >= 0.6 is 11.6 Å². The Balaban J connectivity index is 2.09. The van der Waals surface area contributed by atoms with Gasteiger partial charge in [0.1, 0.15) is 0 Å². The number of hydrogen-bond donors (Lipinski definition) is 0. The molecular weight excluding hydrogens is 264 g/mol. The maximum atomic E-state index is 12.5. The van der Waals surface area contributed by atoms with Crippen molar-refractivity contribution < 1.29 is 9.21 Å². The minimum atomic E-state index is -0.0411. The van der Waals surface area contributed by atoms with Crippen LogP contribution in [0.15, 0.2) is 16.5 Å². The van der Waals surface area contributed by atoms with Gasteiger partial charge in [0.2, 0.25) is 0 Å². The van der Waals surface area contributed by atoms with Crippen LogP contribution in [-0.2, 0) is 0 Å². The molecule has 1 aromatic rings. The lowest BCUT2D eigenvalue weighted by Crippen LogP contribution is -2.42. The normalized spacial score (nSPS) is 16.2. The van der Waals surface area contributed by atoms with Gasteiger partial charge in [-0.15, -0.1) is 0 Å². The fourth-order valence-electron chi connectivity index (χ4n) is 2.54. The smallest absolute Gasteiger partial charge is 0.289 e. The highest BCUT2D eigenvalue weighted by molar-refractivity contribution is 6.29. The van der Waals surface area contributed by atoms with E-state index in [2.05, 4.69) is 4.90 Å². The Morgan fingerprint density at radius 1 is 1.32 bits per heavy atom. The first-order valence-electron chi connectivity index (χ1n) is 6.79. The number of nitrogens with zero attached hydrogens (tertiary/aromatic N) is 2. The van der Waals surface area contributed by atoms with Crippen LogP contribution in [0.5, 0.6) is 0 Å². The zero-order valence-corrected chi connectivity index (χ0v) is 12.3. The second-order valence-corrected chi connectivity index (χ2v) is 5.72. The van der Waals surface area contributed by atoms with E-state index in [1.165, 1.54) is 12.8 Å². The predicted molar refractivity (Wildman–Crippen MR) is 75.6 cm³/mol. The first-order chi connectivity index (χ1) is 9.08. The molecule has 0 unspecified atom stereocenters. The Hall–Kier alpha value is -1.00. The first kappa shape index (κ1) is 14.4. The molecule has 1 fully saturated rings. The number of hydrogen-bond acceptors (Lipinski definition) is 3. The highest BCUT2D eigenvalue weighted by atomic mass is 35.5. The summed E-state index contributed by atoms with van der Waals surface area (Å²) >= 11 is 5.75. The van der Waals surface area contributed by atoms with E-state index >= 15 is 0 Å². The van der Waals surface area contributed by atoms with Crippen LogP contribution in [-0.4, -0.2) is 48.9 Å². The molecule has 0 atom stereocenters. The molecule has 1 aromatic heterocycles. The molecule has 5 heteroatoms. The van der Waals surface area contributed by atoms with E-state index in [1.54, 1.807) is 12.1 Å². The average molecular weight is 285 g/mol. The molecule has 0 bridgehead atoms. The van der Waals surface area contributed by atoms with E-state index in [4.69, 9.17) is 16.0 Å². The van der Waals surface area contributed by atoms with E-state index in [-0.39, 0.29) is 11.1 Å². The highest BCUT2D eigenvalue weighted by Crippen LogP contribution is 2.25. The summed E-state index contributed by atoms with van der Waals surface area (Å²) < 4.78 is 5.25. The number of furan rings is 1. The number of amides is 1. The van der Waals surface area contributed by atoms with Crippen molar-refractivity contribution >= 4 is 17.5 Å². The molecule has 19 heavy (non-hydrogen) atoms. The average Bonchev–Trinajstić information content (AvgIpc) is 3.00. The van der Waals surface area contributed by atoms with Gasteiger partial charge in [-0.05, 0) is 50.7 Å². The molecule has 0 saturated heterocycles. The summed E-state index contributed by atoms with van der Waals surface area (Å²) in [5, 5.41) is 0.266. The zero-order valence-electron chi connectivity index (χ0n) is 11.6. The highest BCUT2D eigenvalue weighted by Gasteiger charge is 2.28. The molecule has 0 radical (unpaired) electrons. The van der Waals surface area contributed by atoms with Gasteiger partial charge in [0.15, 0.2) is 11.0 Å². The maximum Gasteiger partial charge on any atom is 0.289 e. The van der Waals surface area contributed by atoms with Crippen molar-refractivity contribution in [1.29, 1.82) is 0 Å². The van der Waals surface area contributed by atoms with Gasteiger partial charge >= 0.3 is 0 Å². The fraction of sp³-hybridized carbons (Fsp3) is 0.643. The van der Waals surface area contributed by atoms with Crippen molar-refractivity contribution in [2.24, 2.45) is 0 Å². The summed E-state index contributed by atoms with van der Waals surface area (Å²) in [7, 11) is 4.03. The SMILES string of the molecule is CN(C)CCN(C(=O)c1ccc(Cl)o1)C1CCCC1. The van der Waals surface area contributed by atoms with Gasteiger partial charge < -0.3 is 14.2 Å². The third kappa shape index (κ3) is 3.74. The Labute approximate surface area is 119 Å². The van der Waals surface area contributed by atoms with Gasteiger partial charge in [-0.25, -0.2) is 0 Å². The number of halogens is 1. The summed E-state index contributed by atoms with van der Waals surface area (Å²) in [6.07, 6.45) is 4.59. The quantitative estimate of drug-likeness (QED) is 0.834. The molecule has 4 nitrogen and oxygen atoms in total. The van der Waals surface area contributed by atoms with Crippen molar-refractivity contribution in [2.45, 2.75) is 31.7 Å². The summed E-state index contributed by atoms with van der Waals surface area (Å²) in [5.41, 5.74) is 0. The summed E-state index contributed by atoms with van der Waals surface area (Å²) in [6, 6.07) is 3.62. The standard InChI is InChI=1S/C14H21ClN2O2/c1-16(2)9-10-17(11-5-3-4-6-11)14(18)12-7-8-13(15)19-12/h7-8,11H,3-6,9-10H2,1-2H3. The van der Waals surface area contributed by atoms with E-state index in [0.717, 1.165) is 25.9 Å². The Kier molecular flexibility index (Phi) is 4.88. The van der Waals surface area contributed by atoms with Crippen LogP contribution in [0.4, 0.5) is 0 Å². The van der Waals surface area contributed by atoms with Gasteiger partial charge in [0.05, 0.1) is 0 Å². The van der Waals surface area contributed by atoms with Gasteiger partial charge in [0, 0.05) is 19.1 Å². The summed E-state index contributed by atoms with van der Waals surface area (Å²) in [6.45, 7) is 1.59. The minimum absolute atomic E-state index is 0.0411. The molecule has 106 valence electrons. The van der Waals surface area contributed by atoms with Gasteiger partial charge in [-0.2, -0.15) is 0 Å². The lowest BCUT2D eigenvalue weighted by atomic mass is 10.2. The molecule has 1 aliphatic rings. The fourth-order valence-corrected chi connectivity index (χ4v) is 2.69. The Bertz CT molecular complexity index is 425. The van der Waals surface area contributed by atoms with E-state index < -0.39 is 0 Å². The van der Waals surface area contributed by atoms with Crippen LogP contribution < -0.4 is 0 Å². The maximum absolute atomic E-state index is 12.5. The number of likely N-dealkylation sites (N-methyl/N-ethyl adjacent to an activating group) is 1. The van der Waals surface area contributed by atoms with Crippen molar-refractivity contribution in [2.75, 3.05) is 27.2 Å². The van der Waals surface area contributed by atoms with Crippen molar-refractivity contribution in [3.05, 3.63) is 23.1 Å². The second-order valence-electron chi connectivity index (χ2n) is 5.34. The molecule has 1 amide bonds. The Morgan fingerprint density at radius 3 is 2.53 bits per heavy atom. The zero-order chi connectivity index (χ0) is 13.8. The van der Waals surface area contributed by atoms with Crippen LogP contribution in [0.1, 0.15) is 36.2 Å². The van der Waals surface area contributed by atoms with Crippen molar-refractivity contribution in [1.82, 2.24) is 9.80 Å². The lowest BCUT2D eigenvalue weighted by Gasteiger charge is -2.29.